The van der Waals surface area contributed by atoms with Crippen molar-refractivity contribution in [2.24, 2.45) is 23.7 Å². The van der Waals surface area contributed by atoms with Gasteiger partial charge in [-0.3, -0.25) is 19.3 Å². The Balaban J connectivity index is 1.20. The summed E-state index contributed by atoms with van der Waals surface area (Å²) in [6.45, 7) is 1.37. The van der Waals surface area contributed by atoms with E-state index in [1.54, 1.807) is 30.3 Å². The molecule has 1 heterocycles. The minimum absolute atomic E-state index is 0.125. The molecular formula is C25H23ClN2O5. The molecule has 1 aliphatic heterocycles. The standard InChI is InChI=1S/C25H23ClN2O5/c1-13-2-7-17(26)11-19(13)27-20(29)12-33-25(32)14-5-8-18(9-6-14)28-23(30)21-15-3-4-16(10-15)22(21)24(28)31/h2,5-9,11,15-16,21-22H,3-4,10,12H2,1H3,(H,27,29)/t15-,16-,21-,22+/m0/s1. The number of halogens is 1. The number of hydrogen-bond acceptors (Lipinski definition) is 5. The Morgan fingerprint density at radius 3 is 2.30 bits per heavy atom. The van der Waals surface area contributed by atoms with Crippen molar-refractivity contribution in [3.05, 3.63) is 58.6 Å². The van der Waals surface area contributed by atoms with E-state index in [1.165, 1.54) is 17.0 Å². The van der Waals surface area contributed by atoms with Gasteiger partial charge in [-0.05, 0) is 80.0 Å². The summed E-state index contributed by atoms with van der Waals surface area (Å²) < 4.78 is 5.11. The van der Waals surface area contributed by atoms with Gasteiger partial charge >= 0.3 is 5.97 Å². The summed E-state index contributed by atoms with van der Waals surface area (Å²) in [6.07, 6.45) is 3.03. The Kier molecular flexibility index (Phi) is 5.44. The summed E-state index contributed by atoms with van der Waals surface area (Å²) in [4.78, 5) is 51.7. The van der Waals surface area contributed by atoms with Gasteiger partial charge in [0.05, 0.1) is 23.1 Å². The van der Waals surface area contributed by atoms with Crippen LogP contribution in [-0.4, -0.2) is 30.3 Å². The van der Waals surface area contributed by atoms with Gasteiger partial charge < -0.3 is 10.1 Å². The molecule has 0 radical (unpaired) electrons. The number of ether oxygens (including phenoxy) is 1. The quantitative estimate of drug-likeness (QED) is 0.531. The van der Waals surface area contributed by atoms with Gasteiger partial charge in [0, 0.05) is 10.7 Å². The van der Waals surface area contributed by atoms with Gasteiger partial charge in [0.1, 0.15) is 0 Å². The van der Waals surface area contributed by atoms with E-state index in [2.05, 4.69) is 5.32 Å². The molecule has 3 fully saturated rings. The highest BCUT2D eigenvalue weighted by molar-refractivity contribution is 6.31. The predicted octanol–water partition coefficient (Wildman–Crippen LogP) is 3.98. The van der Waals surface area contributed by atoms with Crippen molar-refractivity contribution in [3.63, 3.8) is 0 Å². The first-order valence-corrected chi connectivity index (χ1v) is 11.4. The molecular weight excluding hydrogens is 444 g/mol. The summed E-state index contributed by atoms with van der Waals surface area (Å²) in [7, 11) is 0. The van der Waals surface area contributed by atoms with Gasteiger partial charge in [-0.1, -0.05) is 17.7 Å². The van der Waals surface area contributed by atoms with Crippen molar-refractivity contribution in [2.75, 3.05) is 16.8 Å². The third-order valence-corrected chi connectivity index (χ3v) is 7.33. The minimum Gasteiger partial charge on any atom is -0.452 e. The third kappa shape index (κ3) is 3.80. The van der Waals surface area contributed by atoms with Crippen molar-refractivity contribution in [1.29, 1.82) is 0 Å². The molecule has 5 rings (SSSR count). The Labute approximate surface area is 196 Å². The highest BCUT2D eigenvalue weighted by atomic mass is 35.5. The molecule has 1 N–H and O–H groups in total. The number of carbonyl (C=O) groups is 4. The lowest BCUT2D eigenvalue weighted by atomic mass is 9.81. The maximum absolute atomic E-state index is 12.9. The van der Waals surface area contributed by atoms with Crippen LogP contribution in [0.25, 0.3) is 0 Å². The number of rotatable bonds is 5. The van der Waals surface area contributed by atoms with Crippen molar-refractivity contribution in [1.82, 2.24) is 0 Å². The van der Waals surface area contributed by atoms with Crippen LogP contribution in [0, 0.1) is 30.6 Å². The van der Waals surface area contributed by atoms with Crippen LogP contribution in [0.2, 0.25) is 5.02 Å². The molecule has 2 bridgehead atoms. The smallest absolute Gasteiger partial charge is 0.338 e. The van der Waals surface area contributed by atoms with E-state index in [-0.39, 0.29) is 29.2 Å². The number of carbonyl (C=O) groups excluding carboxylic acids is 4. The molecule has 170 valence electrons. The van der Waals surface area contributed by atoms with Crippen LogP contribution < -0.4 is 10.2 Å². The van der Waals surface area contributed by atoms with Crippen molar-refractivity contribution >= 4 is 46.7 Å². The summed E-state index contributed by atoms with van der Waals surface area (Å²) >= 11 is 5.95. The number of esters is 1. The minimum atomic E-state index is -0.673. The number of hydrogen-bond donors (Lipinski definition) is 1. The molecule has 0 aromatic heterocycles. The molecule has 7 nitrogen and oxygen atoms in total. The first-order chi connectivity index (χ1) is 15.8. The average molecular weight is 467 g/mol. The van der Waals surface area contributed by atoms with Crippen molar-refractivity contribution in [2.45, 2.75) is 26.2 Å². The van der Waals surface area contributed by atoms with Crippen LogP contribution in [-0.2, 0) is 19.1 Å². The van der Waals surface area contributed by atoms with E-state index in [0.717, 1.165) is 24.8 Å². The largest absolute Gasteiger partial charge is 0.452 e. The molecule has 4 atom stereocenters. The van der Waals surface area contributed by atoms with Gasteiger partial charge in [-0.2, -0.15) is 0 Å². The zero-order chi connectivity index (χ0) is 23.3. The molecule has 3 amide bonds. The number of nitrogens with one attached hydrogen (secondary N) is 1. The fraction of sp³-hybridized carbons (Fsp3) is 0.360. The Hall–Kier alpha value is -3.19. The van der Waals surface area contributed by atoms with E-state index < -0.39 is 18.5 Å². The lowest BCUT2D eigenvalue weighted by molar-refractivity contribution is -0.123. The molecule has 0 unspecified atom stereocenters. The maximum atomic E-state index is 12.9. The molecule has 1 saturated heterocycles. The number of benzene rings is 2. The molecule has 0 spiro atoms. The number of anilines is 2. The second-order valence-corrected chi connectivity index (χ2v) is 9.46. The summed E-state index contributed by atoms with van der Waals surface area (Å²) in [6, 6.07) is 11.3. The molecule has 8 heteroatoms. The zero-order valence-corrected chi connectivity index (χ0v) is 18.8. The Morgan fingerprint density at radius 2 is 1.67 bits per heavy atom. The number of aryl methyl sites for hydroxylation is 1. The Bertz CT molecular complexity index is 1130. The van der Waals surface area contributed by atoms with Gasteiger partial charge in [0.25, 0.3) is 5.91 Å². The topological polar surface area (TPSA) is 92.8 Å². The second-order valence-electron chi connectivity index (χ2n) is 9.03. The first-order valence-electron chi connectivity index (χ1n) is 11.0. The van der Waals surface area contributed by atoms with Crippen LogP contribution >= 0.6 is 11.6 Å². The lowest BCUT2D eigenvalue weighted by Crippen LogP contribution is -2.32. The van der Waals surface area contributed by atoms with Crippen LogP contribution in [0.3, 0.4) is 0 Å². The molecule has 2 aromatic carbocycles. The highest BCUT2D eigenvalue weighted by Gasteiger charge is 2.61. The lowest BCUT2D eigenvalue weighted by Gasteiger charge is -2.19. The SMILES string of the molecule is Cc1ccc(Cl)cc1NC(=O)COC(=O)c1ccc(N2C(=O)[C@@H]3[C@H]4CC[C@@H](C4)[C@@H]3C2=O)cc1. The molecule has 2 saturated carbocycles. The fourth-order valence-corrected chi connectivity index (χ4v) is 5.71. The maximum Gasteiger partial charge on any atom is 0.338 e. The van der Waals surface area contributed by atoms with E-state index in [9.17, 15) is 19.2 Å². The van der Waals surface area contributed by atoms with E-state index in [0.29, 0.717) is 28.2 Å². The number of imide groups is 1. The highest BCUT2D eigenvalue weighted by Crippen LogP contribution is 2.56. The van der Waals surface area contributed by atoms with E-state index >= 15 is 0 Å². The number of amides is 3. The number of fused-ring (bicyclic) bond motifs is 5. The molecule has 2 aliphatic carbocycles. The second kappa shape index (κ2) is 8.30. The third-order valence-electron chi connectivity index (χ3n) is 7.10. The molecule has 33 heavy (non-hydrogen) atoms. The zero-order valence-electron chi connectivity index (χ0n) is 18.0. The van der Waals surface area contributed by atoms with Crippen LogP contribution in [0.4, 0.5) is 11.4 Å². The van der Waals surface area contributed by atoms with Gasteiger partial charge in [0.15, 0.2) is 6.61 Å². The van der Waals surface area contributed by atoms with Gasteiger partial charge in [0.2, 0.25) is 11.8 Å². The van der Waals surface area contributed by atoms with Crippen molar-refractivity contribution in [3.8, 4) is 0 Å². The monoisotopic (exact) mass is 466 g/mol. The van der Waals surface area contributed by atoms with E-state index in [4.69, 9.17) is 16.3 Å². The van der Waals surface area contributed by atoms with E-state index in [1.807, 2.05) is 6.92 Å². The molecule has 2 aromatic rings. The molecule has 3 aliphatic rings. The predicted molar refractivity (Wildman–Crippen MR) is 122 cm³/mol. The van der Waals surface area contributed by atoms with Crippen LogP contribution in [0.1, 0.15) is 35.2 Å². The summed E-state index contributed by atoms with van der Waals surface area (Å²) in [5.41, 5.74) is 2.07. The first kappa shape index (κ1) is 21.6. The van der Waals surface area contributed by atoms with Crippen LogP contribution in [0.15, 0.2) is 42.5 Å². The fourth-order valence-electron chi connectivity index (χ4n) is 5.54. The van der Waals surface area contributed by atoms with Gasteiger partial charge in [-0.25, -0.2) is 4.79 Å². The van der Waals surface area contributed by atoms with Gasteiger partial charge in [-0.15, -0.1) is 0 Å². The summed E-state index contributed by atoms with van der Waals surface area (Å²) in [5, 5.41) is 3.15. The normalized spacial score (nSPS) is 25.3. The van der Waals surface area contributed by atoms with Crippen LogP contribution in [0.5, 0.6) is 0 Å². The Morgan fingerprint density at radius 1 is 1.03 bits per heavy atom. The van der Waals surface area contributed by atoms with Crippen molar-refractivity contribution < 1.29 is 23.9 Å². The number of nitrogens with zero attached hydrogens (tertiary/aromatic N) is 1. The summed E-state index contributed by atoms with van der Waals surface area (Å²) in [5.74, 6) is -1.16. The average Bonchev–Trinajstić information content (AvgIpc) is 3.48.